The molecule has 4 aromatic rings. The second-order valence-electron chi connectivity index (χ2n) is 7.08. The van der Waals surface area contributed by atoms with Crippen LogP contribution in [0.4, 0.5) is 5.69 Å². The molecular formula is C25H19NO5S2. The van der Waals surface area contributed by atoms with E-state index in [-0.39, 0.29) is 21.2 Å². The summed E-state index contributed by atoms with van der Waals surface area (Å²) in [6, 6.07) is 24.3. The molecule has 0 spiro atoms. The highest BCUT2D eigenvalue weighted by Crippen LogP contribution is 2.32. The Bertz CT molecular complexity index is 1380. The fourth-order valence-electron chi connectivity index (χ4n) is 3.21. The van der Waals surface area contributed by atoms with Crippen LogP contribution in [0.3, 0.4) is 0 Å². The molecule has 0 saturated heterocycles. The standard InChI is InChI=1S/C25H19NO5S2/c1-18-17-21(31-25(28)20-11-6-3-7-12-20)14-15-22(18)26(24(27)19-9-4-2-5-10-19)33(29,30)23-13-8-16-32-23/h2-17H,1H3. The fraction of sp³-hybridized carbons (Fsp3) is 0.0400. The number of amides is 1. The molecule has 1 heterocycles. The molecule has 1 amide bonds. The molecule has 1 aromatic heterocycles. The van der Waals surface area contributed by atoms with Crippen molar-refractivity contribution < 1.29 is 22.7 Å². The number of esters is 1. The number of benzene rings is 3. The van der Waals surface area contributed by atoms with Gasteiger partial charge in [-0.25, -0.2) is 4.79 Å². The molecule has 3 aromatic carbocycles. The van der Waals surface area contributed by atoms with Gasteiger partial charge < -0.3 is 4.74 Å². The highest BCUT2D eigenvalue weighted by molar-refractivity contribution is 7.95. The van der Waals surface area contributed by atoms with E-state index in [0.29, 0.717) is 11.1 Å². The van der Waals surface area contributed by atoms with Crippen molar-refractivity contribution in [3.63, 3.8) is 0 Å². The summed E-state index contributed by atoms with van der Waals surface area (Å²) in [6.07, 6.45) is 0. The minimum Gasteiger partial charge on any atom is -0.423 e. The van der Waals surface area contributed by atoms with Gasteiger partial charge in [0, 0.05) is 5.56 Å². The monoisotopic (exact) mass is 477 g/mol. The third-order valence-electron chi connectivity index (χ3n) is 4.80. The first-order valence-corrected chi connectivity index (χ1v) is 12.3. The van der Waals surface area contributed by atoms with Crippen LogP contribution < -0.4 is 9.04 Å². The maximum atomic E-state index is 13.4. The van der Waals surface area contributed by atoms with Crippen LogP contribution in [0, 0.1) is 6.92 Å². The molecule has 0 atom stereocenters. The van der Waals surface area contributed by atoms with Gasteiger partial charge in [-0.05, 0) is 66.4 Å². The molecule has 6 nitrogen and oxygen atoms in total. The van der Waals surface area contributed by atoms with Gasteiger partial charge in [0.1, 0.15) is 9.96 Å². The predicted octanol–water partition coefficient (Wildman–Crippen LogP) is 5.31. The maximum absolute atomic E-state index is 13.4. The van der Waals surface area contributed by atoms with Gasteiger partial charge in [0.15, 0.2) is 0 Å². The number of hydrogen-bond acceptors (Lipinski definition) is 6. The van der Waals surface area contributed by atoms with Gasteiger partial charge in [0.2, 0.25) is 0 Å². The van der Waals surface area contributed by atoms with Gasteiger partial charge in [-0.3, -0.25) is 4.79 Å². The van der Waals surface area contributed by atoms with Gasteiger partial charge in [0.05, 0.1) is 11.3 Å². The first kappa shape index (κ1) is 22.4. The van der Waals surface area contributed by atoms with E-state index in [1.165, 1.54) is 24.3 Å². The first-order valence-electron chi connectivity index (χ1n) is 9.94. The Labute approximate surface area is 195 Å². The average molecular weight is 478 g/mol. The van der Waals surface area contributed by atoms with Crippen molar-refractivity contribution in [1.29, 1.82) is 0 Å². The Morgan fingerprint density at radius 3 is 2.03 bits per heavy atom. The number of aryl methyl sites for hydroxylation is 1. The van der Waals surface area contributed by atoms with Crippen molar-refractivity contribution in [2.45, 2.75) is 11.1 Å². The largest absolute Gasteiger partial charge is 0.423 e. The van der Waals surface area contributed by atoms with Gasteiger partial charge >= 0.3 is 5.97 Å². The number of carbonyl (C=O) groups is 2. The van der Waals surface area contributed by atoms with Crippen molar-refractivity contribution in [1.82, 2.24) is 0 Å². The first-order chi connectivity index (χ1) is 15.9. The highest BCUT2D eigenvalue weighted by Gasteiger charge is 2.33. The summed E-state index contributed by atoms with van der Waals surface area (Å²) < 4.78 is 33.2. The topological polar surface area (TPSA) is 80.8 Å². The zero-order valence-electron chi connectivity index (χ0n) is 17.5. The Morgan fingerprint density at radius 2 is 1.45 bits per heavy atom. The molecule has 0 unspecified atom stereocenters. The van der Waals surface area contributed by atoms with Crippen LogP contribution >= 0.6 is 11.3 Å². The molecular weight excluding hydrogens is 458 g/mol. The van der Waals surface area contributed by atoms with Crippen molar-refractivity contribution in [2.75, 3.05) is 4.31 Å². The summed E-state index contributed by atoms with van der Waals surface area (Å²) in [5.41, 5.74) is 1.26. The minimum atomic E-state index is -4.16. The minimum absolute atomic E-state index is 0.0470. The van der Waals surface area contributed by atoms with E-state index in [2.05, 4.69) is 0 Å². The van der Waals surface area contributed by atoms with E-state index in [9.17, 15) is 18.0 Å². The van der Waals surface area contributed by atoms with Gasteiger partial charge in [-0.2, -0.15) is 12.7 Å². The van der Waals surface area contributed by atoms with Crippen LogP contribution in [0.15, 0.2) is 101 Å². The third-order valence-corrected chi connectivity index (χ3v) is 7.87. The summed E-state index contributed by atoms with van der Waals surface area (Å²) in [4.78, 5) is 25.7. The fourth-order valence-corrected chi connectivity index (χ4v) is 5.75. The summed E-state index contributed by atoms with van der Waals surface area (Å²) in [7, 11) is -4.16. The zero-order chi connectivity index (χ0) is 23.4. The number of hydrogen-bond donors (Lipinski definition) is 0. The van der Waals surface area contributed by atoms with Crippen LogP contribution in [0.1, 0.15) is 26.3 Å². The summed E-state index contributed by atoms with van der Waals surface area (Å²) >= 11 is 1.03. The molecule has 4 rings (SSSR count). The van der Waals surface area contributed by atoms with E-state index >= 15 is 0 Å². The predicted molar refractivity (Wildman–Crippen MR) is 127 cm³/mol. The van der Waals surface area contributed by atoms with Crippen LogP contribution in [-0.4, -0.2) is 20.3 Å². The number of thiophene rings is 1. The van der Waals surface area contributed by atoms with Gasteiger partial charge in [-0.1, -0.05) is 42.5 Å². The number of sulfonamides is 1. The zero-order valence-corrected chi connectivity index (χ0v) is 19.2. The molecule has 0 saturated carbocycles. The van der Waals surface area contributed by atoms with E-state index < -0.39 is 21.9 Å². The molecule has 0 bridgehead atoms. The Hall–Kier alpha value is -3.75. The number of nitrogens with zero attached hydrogens (tertiary/aromatic N) is 1. The number of anilines is 1. The summed E-state index contributed by atoms with van der Waals surface area (Å²) in [5.74, 6) is -0.974. The Morgan fingerprint density at radius 1 is 0.818 bits per heavy atom. The van der Waals surface area contributed by atoms with Crippen LogP contribution in [0.25, 0.3) is 0 Å². The molecule has 0 aliphatic heterocycles. The molecule has 0 fully saturated rings. The average Bonchev–Trinajstić information content (AvgIpc) is 3.38. The summed E-state index contributed by atoms with van der Waals surface area (Å²) in [5, 5.41) is 1.64. The molecule has 0 aliphatic rings. The smallest absolute Gasteiger partial charge is 0.343 e. The van der Waals surface area contributed by atoms with Crippen molar-refractivity contribution in [2.24, 2.45) is 0 Å². The molecule has 0 aliphatic carbocycles. The van der Waals surface area contributed by atoms with Crippen LogP contribution in [0.5, 0.6) is 5.75 Å². The van der Waals surface area contributed by atoms with E-state index in [4.69, 9.17) is 4.74 Å². The Kier molecular flexibility index (Phi) is 6.39. The molecule has 0 radical (unpaired) electrons. The van der Waals surface area contributed by atoms with Crippen molar-refractivity contribution in [3.8, 4) is 5.75 Å². The van der Waals surface area contributed by atoms with Crippen LogP contribution in [-0.2, 0) is 10.0 Å². The molecule has 33 heavy (non-hydrogen) atoms. The lowest BCUT2D eigenvalue weighted by molar-refractivity contribution is 0.0734. The third kappa shape index (κ3) is 4.72. The van der Waals surface area contributed by atoms with Crippen molar-refractivity contribution >= 4 is 38.9 Å². The number of ether oxygens (including phenoxy) is 1. The Balaban J connectivity index is 1.73. The maximum Gasteiger partial charge on any atom is 0.343 e. The number of carbonyl (C=O) groups excluding carboxylic acids is 2. The highest BCUT2D eigenvalue weighted by atomic mass is 32.2. The van der Waals surface area contributed by atoms with Crippen molar-refractivity contribution in [3.05, 3.63) is 113 Å². The van der Waals surface area contributed by atoms with Crippen LogP contribution in [0.2, 0.25) is 0 Å². The number of rotatable bonds is 6. The molecule has 8 heteroatoms. The lowest BCUT2D eigenvalue weighted by Gasteiger charge is -2.24. The SMILES string of the molecule is Cc1cc(OC(=O)c2ccccc2)ccc1N(C(=O)c1ccccc1)S(=O)(=O)c1cccs1. The second kappa shape index (κ2) is 9.40. The summed E-state index contributed by atoms with van der Waals surface area (Å²) in [6.45, 7) is 1.66. The van der Waals surface area contributed by atoms with Gasteiger partial charge in [0.25, 0.3) is 15.9 Å². The van der Waals surface area contributed by atoms with E-state index in [1.807, 2.05) is 0 Å². The second-order valence-corrected chi connectivity index (χ2v) is 10.0. The lowest BCUT2D eigenvalue weighted by Crippen LogP contribution is -2.37. The quantitative estimate of drug-likeness (QED) is 0.278. The molecule has 166 valence electrons. The lowest BCUT2D eigenvalue weighted by atomic mass is 10.1. The normalized spacial score (nSPS) is 11.1. The van der Waals surface area contributed by atoms with Gasteiger partial charge in [-0.15, -0.1) is 11.3 Å². The van der Waals surface area contributed by atoms with E-state index in [1.54, 1.807) is 79.0 Å². The van der Waals surface area contributed by atoms with E-state index in [0.717, 1.165) is 15.6 Å². The molecule has 0 N–H and O–H groups in total.